The van der Waals surface area contributed by atoms with Crippen LogP contribution in [0.25, 0.3) is 0 Å². The average Bonchev–Trinajstić information content (AvgIpc) is 3.31. The molecule has 0 fully saturated rings. The number of anilines is 1. The number of thiophene rings is 1. The Labute approximate surface area is 180 Å². The summed E-state index contributed by atoms with van der Waals surface area (Å²) in [5.74, 6) is -0.443. The molecule has 6 heteroatoms. The fourth-order valence-corrected chi connectivity index (χ4v) is 5.21. The van der Waals surface area contributed by atoms with E-state index in [0.717, 1.165) is 29.8 Å². The van der Waals surface area contributed by atoms with Crippen molar-refractivity contribution in [1.82, 2.24) is 9.88 Å². The van der Waals surface area contributed by atoms with Gasteiger partial charge in [-0.25, -0.2) is 0 Å². The molecule has 4 heterocycles. The zero-order valence-corrected chi connectivity index (χ0v) is 17.7. The van der Waals surface area contributed by atoms with Crippen molar-refractivity contribution >= 4 is 28.8 Å². The van der Waals surface area contributed by atoms with Crippen molar-refractivity contribution in [3.05, 3.63) is 81.3 Å². The van der Waals surface area contributed by atoms with Crippen LogP contribution in [0, 0.1) is 6.92 Å². The predicted molar refractivity (Wildman–Crippen MR) is 118 cm³/mol. The average molecular weight is 418 g/mol. The van der Waals surface area contributed by atoms with Gasteiger partial charge in [0.2, 0.25) is 5.91 Å². The molecule has 5 rings (SSSR count). The lowest BCUT2D eigenvalue weighted by Crippen LogP contribution is -2.46. The molecule has 0 saturated carbocycles. The lowest BCUT2D eigenvalue weighted by atomic mass is 9.91. The highest BCUT2D eigenvalue weighted by Crippen LogP contribution is 2.34. The Kier molecular flexibility index (Phi) is 4.87. The van der Waals surface area contributed by atoms with Crippen molar-refractivity contribution in [3.8, 4) is 0 Å². The SMILES string of the molecule is Cc1ccc2c(c1)CCCN2C(=O)C1CN(C(=O)c2cccs2)Cc2cccnc21. The van der Waals surface area contributed by atoms with Gasteiger partial charge in [-0.05, 0) is 54.5 Å². The Morgan fingerprint density at radius 1 is 1.13 bits per heavy atom. The molecule has 2 aliphatic rings. The van der Waals surface area contributed by atoms with Crippen molar-refractivity contribution in [2.45, 2.75) is 32.2 Å². The van der Waals surface area contributed by atoms with Crippen molar-refractivity contribution in [2.24, 2.45) is 0 Å². The first-order valence-corrected chi connectivity index (χ1v) is 11.2. The van der Waals surface area contributed by atoms with E-state index in [2.05, 4.69) is 30.1 Å². The molecule has 0 radical (unpaired) electrons. The third-order valence-electron chi connectivity index (χ3n) is 5.96. The minimum atomic E-state index is -0.453. The molecule has 0 N–H and O–H groups in total. The van der Waals surface area contributed by atoms with Gasteiger partial charge in [0.15, 0.2) is 0 Å². The molecule has 1 unspecified atom stereocenters. The van der Waals surface area contributed by atoms with Crippen molar-refractivity contribution < 1.29 is 9.59 Å². The highest BCUT2D eigenvalue weighted by molar-refractivity contribution is 7.12. The molecule has 0 spiro atoms. The van der Waals surface area contributed by atoms with Crippen LogP contribution >= 0.6 is 11.3 Å². The van der Waals surface area contributed by atoms with Crippen molar-refractivity contribution in [2.75, 3.05) is 18.0 Å². The highest BCUT2D eigenvalue weighted by atomic mass is 32.1. The fraction of sp³-hybridized carbons (Fsp3) is 0.292. The van der Waals surface area contributed by atoms with Gasteiger partial charge in [0.1, 0.15) is 0 Å². The molecule has 1 aromatic carbocycles. The summed E-state index contributed by atoms with van der Waals surface area (Å²) in [5.41, 5.74) is 5.18. The first-order valence-electron chi connectivity index (χ1n) is 10.3. The van der Waals surface area contributed by atoms with Gasteiger partial charge in [-0.15, -0.1) is 11.3 Å². The molecule has 1 atom stereocenters. The molecule has 3 aromatic rings. The summed E-state index contributed by atoms with van der Waals surface area (Å²) < 4.78 is 0. The van der Waals surface area contributed by atoms with Gasteiger partial charge in [-0.3, -0.25) is 14.6 Å². The van der Waals surface area contributed by atoms with Crippen LogP contribution in [-0.4, -0.2) is 34.8 Å². The van der Waals surface area contributed by atoms with Gasteiger partial charge in [0.05, 0.1) is 16.5 Å². The fourth-order valence-electron chi connectivity index (χ4n) is 4.52. The lowest BCUT2D eigenvalue weighted by Gasteiger charge is -2.37. The summed E-state index contributed by atoms with van der Waals surface area (Å²) in [6.07, 6.45) is 3.68. The van der Waals surface area contributed by atoms with Gasteiger partial charge in [0.25, 0.3) is 5.91 Å². The number of amides is 2. The summed E-state index contributed by atoms with van der Waals surface area (Å²) in [6, 6.07) is 13.9. The smallest absolute Gasteiger partial charge is 0.264 e. The maximum atomic E-state index is 13.8. The van der Waals surface area contributed by atoms with E-state index in [4.69, 9.17) is 0 Å². The number of rotatable bonds is 2. The number of fused-ring (bicyclic) bond motifs is 2. The highest BCUT2D eigenvalue weighted by Gasteiger charge is 2.37. The van der Waals surface area contributed by atoms with Gasteiger partial charge >= 0.3 is 0 Å². The zero-order valence-electron chi connectivity index (χ0n) is 16.9. The van der Waals surface area contributed by atoms with Crippen molar-refractivity contribution in [3.63, 3.8) is 0 Å². The maximum Gasteiger partial charge on any atom is 0.264 e. The molecule has 2 amide bonds. The van der Waals surface area contributed by atoms with E-state index in [1.54, 1.807) is 11.1 Å². The molecular weight excluding hydrogens is 394 g/mol. The molecule has 5 nitrogen and oxygen atoms in total. The number of aryl methyl sites for hydroxylation is 2. The quantitative estimate of drug-likeness (QED) is 0.629. The maximum absolute atomic E-state index is 13.8. The summed E-state index contributed by atoms with van der Waals surface area (Å²) in [5, 5.41) is 1.90. The summed E-state index contributed by atoms with van der Waals surface area (Å²) >= 11 is 1.43. The van der Waals surface area contributed by atoms with Crippen LogP contribution in [0.1, 0.15) is 44.4 Å². The van der Waals surface area contributed by atoms with Gasteiger partial charge in [0, 0.05) is 31.5 Å². The first-order chi connectivity index (χ1) is 14.6. The van der Waals surface area contributed by atoms with Crippen LogP contribution in [0.4, 0.5) is 5.69 Å². The third-order valence-corrected chi connectivity index (χ3v) is 6.82. The van der Waals surface area contributed by atoms with Crippen LogP contribution in [-0.2, 0) is 17.8 Å². The first kappa shape index (κ1) is 19.0. The number of benzene rings is 1. The van der Waals surface area contributed by atoms with Crippen LogP contribution < -0.4 is 4.90 Å². The zero-order chi connectivity index (χ0) is 20.7. The van der Waals surface area contributed by atoms with E-state index in [1.807, 2.05) is 34.5 Å². The van der Waals surface area contributed by atoms with Gasteiger partial charge in [-0.1, -0.05) is 29.8 Å². The van der Waals surface area contributed by atoms with Crippen LogP contribution in [0.3, 0.4) is 0 Å². The van der Waals surface area contributed by atoms with E-state index >= 15 is 0 Å². The summed E-state index contributed by atoms with van der Waals surface area (Å²) in [7, 11) is 0. The van der Waals surface area contributed by atoms with Gasteiger partial charge in [-0.2, -0.15) is 0 Å². The van der Waals surface area contributed by atoms with E-state index < -0.39 is 5.92 Å². The Hall–Kier alpha value is -2.99. The van der Waals surface area contributed by atoms with E-state index in [-0.39, 0.29) is 11.8 Å². The standard InChI is InChI=1S/C24H23N3O2S/c1-16-8-9-20-17(13-16)6-3-11-27(20)23(28)19-15-26(24(29)21-7-4-12-30-21)14-18-5-2-10-25-22(18)19/h2,4-5,7-10,12-13,19H,3,6,11,14-15H2,1H3. The van der Waals surface area contributed by atoms with Crippen LogP contribution in [0.2, 0.25) is 0 Å². The largest absolute Gasteiger partial charge is 0.332 e. The second-order valence-corrected chi connectivity index (χ2v) is 8.94. The third kappa shape index (κ3) is 3.31. The second kappa shape index (κ2) is 7.69. The van der Waals surface area contributed by atoms with E-state index in [0.29, 0.717) is 24.5 Å². The normalized spacial score (nSPS) is 18.0. The Bertz CT molecular complexity index is 1110. The molecule has 0 aliphatic carbocycles. The lowest BCUT2D eigenvalue weighted by molar-refractivity contribution is -0.120. The second-order valence-electron chi connectivity index (χ2n) is 7.99. The molecule has 152 valence electrons. The minimum absolute atomic E-state index is 0.0213. The summed E-state index contributed by atoms with van der Waals surface area (Å²) in [4.78, 5) is 35.8. The molecule has 2 aromatic heterocycles. The number of hydrogen-bond acceptors (Lipinski definition) is 4. The monoisotopic (exact) mass is 417 g/mol. The predicted octanol–water partition coefficient (Wildman–Crippen LogP) is 4.17. The minimum Gasteiger partial charge on any atom is -0.332 e. The molecule has 0 bridgehead atoms. The molecule has 2 aliphatic heterocycles. The Morgan fingerprint density at radius 3 is 2.87 bits per heavy atom. The van der Waals surface area contributed by atoms with E-state index in [1.165, 1.54) is 22.5 Å². The number of carbonyl (C=O) groups is 2. The Morgan fingerprint density at radius 2 is 2.03 bits per heavy atom. The molecule has 0 saturated heterocycles. The topological polar surface area (TPSA) is 53.5 Å². The number of aromatic nitrogens is 1. The number of nitrogens with zero attached hydrogens (tertiary/aromatic N) is 3. The molecular formula is C24H23N3O2S. The number of carbonyl (C=O) groups excluding carboxylic acids is 2. The number of pyridine rings is 1. The van der Waals surface area contributed by atoms with Gasteiger partial charge < -0.3 is 9.80 Å². The summed E-state index contributed by atoms with van der Waals surface area (Å²) in [6.45, 7) is 3.62. The van der Waals surface area contributed by atoms with Crippen LogP contribution in [0.15, 0.2) is 54.0 Å². The number of hydrogen-bond donors (Lipinski definition) is 0. The van der Waals surface area contributed by atoms with Crippen molar-refractivity contribution in [1.29, 1.82) is 0 Å². The van der Waals surface area contributed by atoms with Crippen LogP contribution in [0.5, 0.6) is 0 Å². The van der Waals surface area contributed by atoms with E-state index in [9.17, 15) is 9.59 Å². The molecule has 30 heavy (non-hydrogen) atoms. The Balaban J connectivity index is 1.50.